The van der Waals surface area contributed by atoms with Crippen molar-refractivity contribution in [2.75, 3.05) is 0 Å². The minimum Gasteiger partial charge on any atom is -0.505 e. The van der Waals surface area contributed by atoms with E-state index in [9.17, 15) is 5.11 Å². The van der Waals surface area contributed by atoms with Gasteiger partial charge < -0.3 is 10.3 Å². The number of oxime groups is 1. The fourth-order valence-electron chi connectivity index (χ4n) is 0.904. The Hall–Kier alpha value is -1.58. The molecule has 1 heterocycles. The lowest BCUT2D eigenvalue weighted by Crippen LogP contribution is -1.97. The number of rotatable bonds is 1. The summed E-state index contributed by atoms with van der Waals surface area (Å²) in [4.78, 5) is 3.87. The Morgan fingerprint density at radius 2 is 2.25 bits per heavy atom. The van der Waals surface area contributed by atoms with Gasteiger partial charge in [-0.2, -0.15) is 0 Å². The van der Waals surface area contributed by atoms with Gasteiger partial charge in [0.05, 0.1) is 11.4 Å². The lowest BCUT2D eigenvalue weighted by molar-refractivity contribution is 0.318. The lowest BCUT2D eigenvalue weighted by Gasteiger charge is -2.03. The Morgan fingerprint density at radius 3 is 2.83 bits per heavy atom. The first-order valence-corrected chi connectivity index (χ1v) is 3.50. The second kappa shape index (κ2) is 3.21. The summed E-state index contributed by atoms with van der Waals surface area (Å²) < 4.78 is 0. The smallest absolute Gasteiger partial charge is 0.145 e. The van der Waals surface area contributed by atoms with Crippen LogP contribution in [0.3, 0.4) is 0 Å². The Kier molecular flexibility index (Phi) is 2.28. The minimum absolute atomic E-state index is 0.0628. The first-order valence-electron chi connectivity index (χ1n) is 3.50. The molecular weight excluding hydrogens is 156 g/mol. The molecule has 0 saturated carbocycles. The van der Waals surface area contributed by atoms with Gasteiger partial charge in [-0.05, 0) is 19.9 Å². The van der Waals surface area contributed by atoms with Crippen LogP contribution in [-0.4, -0.2) is 21.0 Å². The van der Waals surface area contributed by atoms with Crippen LogP contribution < -0.4 is 0 Å². The van der Waals surface area contributed by atoms with Gasteiger partial charge in [0.2, 0.25) is 0 Å². The van der Waals surface area contributed by atoms with E-state index in [0.717, 1.165) is 0 Å². The molecule has 0 radical (unpaired) electrons. The second-order valence-corrected chi connectivity index (χ2v) is 2.48. The van der Waals surface area contributed by atoms with Crippen molar-refractivity contribution >= 4 is 5.71 Å². The summed E-state index contributed by atoms with van der Waals surface area (Å²) in [5.41, 5.74) is 1.40. The lowest BCUT2D eigenvalue weighted by atomic mass is 10.1. The summed E-state index contributed by atoms with van der Waals surface area (Å²) in [6.45, 7) is 3.29. The second-order valence-electron chi connectivity index (χ2n) is 2.48. The zero-order valence-electron chi connectivity index (χ0n) is 6.94. The first kappa shape index (κ1) is 8.52. The van der Waals surface area contributed by atoms with Crippen molar-refractivity contribution < 1.29 is 10.3 Å². The highest BCUT2D eigenvalue weighted by atomic mass is 16.4. The van der Waals surface area contributed by atoms with Gasteiger partial charge in [-0.1, -0.05) is 5.16 Å². The highest BCUT2D eigenvalue weighted by Gasteiger charge is 2.06. The maximum atomic E-state index is 9.44. The zero-order chi connectivity index (χ0) is 9.14. The molecule has 0 aliphatic heterocycles. The van der Waals surface area contributed by atoms with E-state index in [1.165, 1.54) is 0 Å². The maximum Gasteiger partial charge on any atom is 0.145 e. The van der Waals surface area contributed by atoms with Crippen LogP contribution in [0.2, 0.25) is 0 Å². The topological polar surface area (TPSA) is 65.7 Å². The van der Waals surface area contributed by atoms with Gasteiger partial charge in [0.1, 0.15) is 5.75 Å². The van der Waals surface area contributed by atoms with Crippen LogP contribution in [0.5, 0.6) is 5.75 Å². The zero-order valence-corrected chi connectivity index (χ0v) is 6.94. The third kappa shape index (κ3) is 1.37. The Balaban J connectivity index is 3.26. The monoisotopic (exact) mass is 166 g/mol. The van der Waals surface area contributed by atoms with Crippen molar-refractivity contribution in [1.82, 2.24) is 4.98 Å². The van der Waals surface area contributed by atoms with Crippen LogP contribution in [0.1, 0.15) is 18.2 Å². The van der Waals surface area contributed by atoms with E-state index >= 15 is 0 Å². The van der Waals surface area contributed by atoms with Gasteiger partial charge in [0.25, 0.3) is 0 Å². The van der Waals surface area contributed by atoms with Gasteiger partial charge >= 0.3 is 0 Å². The fourth-order valence-corrected chi connectivity index (χ4v) is 0.904. The number of hydrogen-bond donors (Lipinski definition) is 2. The van der Waals surface area contributed by atoms with E-state index in [1.54, 1.807) is 26.1 Å². The third-order valence-electron chi connectivity index (χ3n) is 1.65. The van der Waals surface area contributed by atoms with Gasteiger partial charge in [0.15, 0.2) is 0 Å². The molecule has 4 heteroatoms. The molecule has 1 rings (SSSR count). The molecule has 0 aromatic carbocycles. The molecule has 4 nitrogen and oxygen atoms in total. The molecule has 0 fully saturated rings. The summed E-state index contributed by atoms with van der Waals surface area (Å²) in [6.07, 6.45) is 1.55. The number of aromatic hydroxyl groups is 1. The number of pyridine rings is 1. The van der Waals surface area contributed by atoms with Crippen LogP contribution in [-0.2, 0) is 0 Å². The van der Waals surface area contributed by atoms with Gasteiger partial charge in [0, 0.05) is 11.8 Å². The van der Waals surface area contributed by atoms with Crippen LogP contribution in [0.25, 0.3) is 0 Å². The third-order valence-corrected chi connectivity index (χ3v) is 1.65. The summed E-state index contributed by atoms with van der Waals surface area (Å²) in [6, 6.07) is 1.59. The molecule has 0 bridgehead atoms. The van der Waals surface area contributed by atoms with Crippen LogP contribution >= 0.6 is 0 Å². The molecule has 0 aliphatic rings. The molecular formula is C8H10N2O2. The van der Waals surface area contributed by atoms with E-state index in [-0.39, 0.29) is 5.75 Å². The molecule has 1 aromatic heterocycles. The standard InChI is InChI=1S/C8H10N2O2/c1-5(10-12)7-3-4-9-6(2)8(7)11/h3-4,11-12H,1-2H3/b10-5+. The molecule has 0 saturated heterocycles. The quantitative estimate of drug-likeness (QED) is 0.375. The van der Waals surface area contributed by atoms with Crippen molar-refractivity contribution in [1.29, 1.82) is 0 Å². The van der Waals surface area contributed by atoms with Crippen LogP contribution in [0.4, 0.5) is 0 Å². The van der Waals surface area contributed by atoms with E-state index in [2.05, 4.69) is 10.1 Å². The molecule has 0 spiro atoms. The number of nitrogens with zero attached hydrogens (tertiary/aromatic N) is 2. The summed E-state index contributed by atoms with van der Waals surface area (Å²) in [5.74, 6) is 0.0628. The van der Waals surface area contributed by atoms with Crippen molar-refractivity contribution in [3.63, 3.8) is 0 Å². The normalized spacial score (nSPS) is 11.7. The molecule has 64 valence electrons. The maximum absolute atomic E-state index is 9.44. The molecule has 12 heavy (non-hydrogen) atoms. The minimum atomic E-state index is 0.0628. The highest BCUT2D eigenvalue weighted by Crippen LogP contribution is 2.19. The Labute approximate surface area is 70.2 Å². The first-order chi connectivity index (χ1) is 5.66. The van der Waals surface area contributed by atoms with Crippen molar-refractivity contribution in [2.24, 2.45) is 5.16 Å². The average molecular weight is 166 g/mol. The molecule has 0 atom stereocenters. The van der Waals surface area contributed by atoms with E-state index < -0.39 is 0 Å². The highest BCUT2D eigenvalue weighted by molar-refractivity contribution is 6.00. The Bertz CT molecular complexity index is 321. The SMILES string of the molecule is C/C(=N\O)c1ccnc(C)c1O. The van der Waals surface area contributed by atoms with Crippen molar-refractivity contribution in [3.8, 4) is 5.75 Å². The molecule has 2 N–H and O–H groups in total. The summed E-state index contributed by atoms with van der Waals surface area (Å²) >= 11 is 0. The number of aromatic nitrogens is 1. The summed E-state index contributed by atoms with van der Waals surface area (Å²) in [7, 11) is 0. The molecule has 0 unspecified atom stereocenters. The van der Waals surface area contributed by atoms with Crippen molar-refractivity contribution in [2.45, 2.75) is 13.8 Å². The molecule has 0 aliphatic carbocycles. The molecule has 0 amide bonds. The fraction of sp³-hybridized carbons (Fsp3) is 0.250. The van der Waals surface area contributed by atoms with E-state index in [0.29, 0.717) is 17.0 Å². The number of aryl methyl sites for hydroxylation is 1. The van der Waals surface area contributed by atoms with Crippen molar-refractivity contribution in [3.05, 3.63) is 23.5 Å². The molecule has 1 aromatic rings. The largest absolute Gasteiger partial charge is 0.505 e. The average Bonchev–Trinajstić information content (AvgIpc) is 2.08. The van der Waals surface area contributed by atoms with Gasteiger partial charge in [-0.25, -0.2) is 0 Å². The van der Waals surface area contributed by atoms with E-state index in [4.69, 9.17) is 5.21 Å². The predicted molar refractivity (Wildman–Crippen MR) is 44.6 cm³/mol. The number of hydrogen-bond acceptors (Lipinski definition) is 4. The van der Waals surface area contributed by atoms with Gasteiger partial charge in [-0.3, -0.25) is 4.98 Å². The van der Waals surface area contributed by atoms with Gasteiger partial charge in [-0.15, -0.1) is 0 Å². The van der Waals surface area contributed by atoms with Crippen LogP contribution in [0.15, 0.2) is 17.4 Å². The predicted octanol–water partition coefficient (Wildman–Crippen LogP) is 1.29. The Morgan fingerprint density at radius 1 is 1.58 bits per heavy atom. The van der Waals surface area contributed by atoms with Crippen LogP contribution in [0, 0.1) is 6.92 Å². The van der Waals surface area contributed by atoms with E-state index in [1.807, 2.05) is 0 Å². The summed E-state index contributed by atoms with van der Waals surface area (Å²) in [5, 5.41) is 20.9.